The molecule has 2 rings (SSSR count). The minimum Gasteiger partial charge on any atom is -0.490 e. The Labute approximate surface area is 111 Å². The molecule has 0 aliphatic heterocycles. The van der Waals surface area contributed by atoms with Crippen LogP contribution in [0, 0.1) is 6.92 Å². The van der Waals surface area contributed by atoms with E-state index in [0.717, 1.165) is 5.56 Å². The van der Waals surface area contributed by atoms with Crippen LogP contribution in [0.25, 0.3) is 0 Å². The third-order valence-electron chi connectivity index (χ3n) is 2.55. The lowest BCUT2D eigenvalue weighted by molar-refractivity contribution is 0.413. The number of nitrogens with one attached hydrogen (secondary N) is 1. The van der Waals surface area contributed by atoms with E-state index in [1.807, 2.05) is 0 Å². The number of methoxy groups -OCH3 is 1. The van der Waals surface area contributed by atoms with Crippen molar-refractivity contribution in [1.29, 1.82) is 0 Å². The van der Waals surface area contributed by atoms with Crippen molar-refractivity contribution in [1.82, 2.24) is 9.97 Å². The minimum absolute atomic E-state index is 0.305. The Morgan fingerprint density at radius 1 is 1.22 bits per heavy atom. The molecule has 1 aromatic carbocycles. The molecule has 0 amide bonds. The second-order valence-electron chi connectivity index (χ2n) is 3.89. The summed E-state index contributed by atoms with van der Waals surface area (Å²) in [5, 5.41) is 3.48. The third-order valence-corrected chi connectivity index (χ3v) is 2.81. The van der Waals surface area contributed by atoms with Crippen molar-refractivity contribution in [2.75, 3.05) is 12.4 Å². The number of halogens is 1. The summed E-state index contributed by atoms with van der Waals surface area (Å²) in [6.07, 6.45) is 1.41. The summed E-state index contributed by atoms with van der Waals surface area (Å²) in [5.41, 5.74) is 2.40. The van der Waals surface area contributed by atoms with Crippen LogP contribution in [0.15, 0.2) is 30.6 Å². The van der Waals surface area contributed by atoms with Crippen molar-refractivity contribution >= 4 is 17.4 Å². The van der Waals surface area contributed by atoms with Crippen LogP contribution in [0.1, 0.15) is 11.1 Å². The fourth-order valence-electron chi connectivity index (χ4n) is 1.55. The predicted molar refractivity (Wildman–Crippen MR) is 72.1 cm³/mol. The fraction of sp³-hybridized carbons (Fsp3) is 0.231. The quantitative estimate of drug-likeness (QED) is 0.862. The molecule has 0 atom stereocenters. The van der Waals surface area contributed by atoms with Crippen LogP contribution in [0.3, 0.4) is 0 Å². The molecule has 18 heavy (non-hydrogen) atoms. The first-order valence-electron chi connectivity index (χ1n) is 5.54. The van der Waals surface area contributed by atoms with Crippen molar-refractivity contribution in [3.05, 3.63) is 46.9 Å². The molecule has 0 saturated heterocycles. The number of aromatic nitrogens is 2. The lowest BCUT2D eigenvalue weighted by Gasteiger charge is -2.10. The van der Waals surface area contributed by atoms with E-state index < -0.39 is 0 Å². The number of anilines is 1. The summed E-state index contributed by atoms with van der Waals surface area (Å²) in [6.45, 7) is 2.72. The van der Waals surface area contributed by atoms with Crippen LogP contribution in [0.2, 0.25) is 5.15 Å². The molecule has 0 bridgehead atoms. The van der Waals surface area contributed by atoms with Gasteiger partial charge in [0.15, 0.2) is 16.7 Å². The molecule has 0 fully saturated rings. The first kappa shape index (κ1) is 12.6. The Hall–Kier alpha value is -1.81. The molecule has 1 aromatic heterocycles. The standard InChI is InChI=1S/C13H14ClN3O/c1-9-3-5-10(6-4-9)7-15-13-11(18-2)12(14)16-8-17-13/h3-6,8H,7H2,1-2H3,(H,15,16,17). The summed E-state index contributed by atoms with van der Waals surface area (Å²) in [4.78, 5) is 7.98. The molecule has 0 aliphatic carbocycles. The topological polar surface area (TPSA) is 47.0 Å². The van der Waals surface area contributed by atoms with Crippen LogP contribution in [0.4, 0.5) is 5.82 Å². The number of aryl methyl sites for hydroxylation is 1. The monoisotopic (exact) mass is 263 g/mol. The van der Waals surface area contributed by atoms with Gasteiger partial charge in [-0.3, -0.25) is 0 Å². The number of benzene rings is 1. The molecule has 1 N–H and O–H groups in total. The molecular formula is C13H14ClN3O. The normalized spacial score (nSPS) is 10.2. The van der Waals surface area contributed by atoms with Gasteiger partial charge in [-0.2, -0.15) is 0 Å². The lowest BCUT2D eigenvalue weighted by Crippen LogP contribution is -2.04. The van der Waals surface area contributed by atoms with Crippen molar-refractivity contribution in [3.63, 3.8) is 0 Å². The zero-order valence-electron chi connectivity index (χ0n) is 10.3. The Balaban J connectivity index is 2.10. The maximum Gasteiger partial charge on any atom is 0.198 e. The van der Waals surface area contributed by atoms with Gasteiger partial charge < -0.3 is 10.1 Å². The third kappa shape index (κ3) is 2.90. The highest BCUT2D eigenvalue weighted by Gasteiger charge is 2.09. The van der Waals surface area contributed by atoms with Crippen molar-refractivity contribution < 1.29 is 4.74 Å². The number of hydrogen-bond donors (Lipinski definition) is 1. The molecule has 0 unspecified atom stereocenters. The van der Waals surface area contributed by atoms with E-state index in [2.05, 4.69) is 46.5 Å². The van der Waals surface area contributed by atoms with Crippen molar-refractivity contribution in [3.8, 4) is 5.75 Å². The van der Waals surface area contributed by atoms with E-state index in [4.69, 9.17) is 16.3 Å². The van der Waals surface area contributed by atoms with Crippen LogP contribution in [0.5, 0.6) is 5.75 Å². The van der Waals surface area contributed by atoms with Gasteiger partial charge >= 0.3 is 0 Å². The highest BCUT2D eigenvalue weighted by atomic mass is 35.5. The molecule has 5 heteroatoms. The minimum atomic E-state index is 0.305. The van der Waals surface area contributed by atoms with Crippen LogP contribution >= 0.6 is 11.6 Å². The molecule has 0 spiro atoms. The fourth-order valence-corrected chi connectivity index (χ4v) is 1.76. The molecule has 0 saturated carbocycles. The van der Waals surface area contributed by atoms with E-state index >= 15 is 0 Å². The highest BCUT2D eigenvalue weighted by Crippen LogP contribution is 2.28. The van der Waals surface area contributed by atoms with Gasteiger partial charge in [0.05, 0.1) is 7.11 Å². The average Bonchev–Trinajstić information content (AvgIpc) is 2.38. The second kappa shape index (κ2) is 5.69. The van der Waals surface area contributed by atoms with E-state index in [-0.39, 0.29) is 0 Å². The van der Waals surface area contributed by atoms with E-state index in [9.17, 15) is 0 Å². The maximum atomic E-state index is 5.92. The summed E-state index contributed by atoms with van der Waals surface area (Å²) < 4.78 is 5.16. The molecular weight excluding hydrogens is 250 g/mol. The Morgan fingerprint density at radius 3 is 2.61 bits per heavy atom. The molecule has 0 aliphatic rings. The zero-order chi connectivity index (χ0) is 13.0. The SMILES string of the molecule is COc1c(Cl)ncnc1NCc1ccc(C)cc1. The summed E-state index contributed by atoms with van der Waals surface area (Å²) in [7, 11) is 1.54. The largest absolute Gasteiger partial charge is 0.490 e. The zero-order valence-corrected chi connectivity index (χ0v) is 11.0. The summed E-state index contributed by atoms with van der Waals surface area (Å²) in [6, 6.07) is 8.28. The predicted octanol–water partition coefficient (Wildman–Crippen LogP) is 3.06. The summed E-state index contributed by atoms with van der Waals surface area (Å²) in [5.74, 6) is 1.06. The Bertz CT molecular complexity index is 528. The van der Waals surface area contributed by atoms with Crippen molar-refractivity contribution in [2.45, 2.75) is 13.5 Å². The van der Waals surface area contributed by atoms with Gasteiger partial charge in [-0.1, -0.05) is 41.4 Å². The number of ether oxygens (including phenoxy) is 1. The van der Waals surface area contributed by atoms with Crippen LogP contribution in [-0.4, -0.2) is 17.1 Å². The van der Waals surface area contributed by atoms with Crippen LogP contribution < -0.4 is 10.1 Å². The highest BCUT2D eigenvalue weighted by molar-refractivity contribution is 6.31. The molecule has 1 heterocycles. The van der Waals surface area contributed by atoms with Crippen molar-refractivity contribution in [2.24, 2.45) is 0 Å². The number of rotatable bonds is 4. The van der Waals surface area contributed by atoms with Gasteiger partial charge in [-0.05, 0) is 12.5 Å². The maximum absolute atomic E-state index is 5.92. The smallest absolute Gasteiger partial charge is 0.198 e. The molecule has 2 aromatic rings. The molecule has 94 valence electrons. The molecule has 0 radical (unpaired) electrons. The number of nitrogens with zero attached hydrogens (tertiary/aromatic N) is 2. The Kier molecular flexibility index (Phi) is 3.99. The molecule has 4 nitrogen and oxygen atoms in total. The van der Waals surface area contributed by atoms with Crippen LogP contribution in [-0.2, 0) is 6.54 Å². The van der Waals surface area contributed by atoms with E-state index in [1.54, 1.807) is 7.11 Å². The van der Waals surface area contributed by atoms with Gasteiger partial charge in [0.1, 0.15) is 6.33 Å². The van der Waals surface area contributed by atoms with Gasteiger partial charge in [-0.25, -0.2) is 9.97 Å². The lowest BCUT2D eigenvalue weighted by atomic mass is 10.1. The van der Waals surface area contributed by atoms with Gasteiger partial charge in [0.25, 0.3) is 0 Å². The first-order valence-corrected chi connectivity index (χ1v) is 5.92. The second-order valence-corrected chi connectivity index (χ2v) is 4.24. The first-order chi connectivity index (χ1) is 8.70. The van der Waals surface area contributed by atoms with Gasteiger partial charge in [0.2, 0.25) is 0 Å². The summed E-state index contributed by atoms with van der Waals surface area (Å²) >= 11 is 5.92. The number of hydrogen-bond acceptors (Lipinski definition) is 4. The van der Waals surface area contributed by atoms with E-state index in [0.29, 0.717) is 23.3 Å². The Morgan fingerprint density at radius 2 is 1.94 bits per heavy atom. The van der Waals surface area contributed by atoms with E-state index in [1.165, 1.54) is 11.9 Å². The van der Waals surface area contributed by atoms with Gasteiger partial charge in [-0.15, -0.1) is 0 Å². The van der Waals surface area contributed by atoms with Gasteiger partial charge in [0, 0.05) is 6.54 Å². The average molecular weight is 264 g/mol.